The standard InChI is InChI=1S/C33H44O22/c34-6-17-21(40)24(43)27(46)31(53-17)50-14-1-9(2-15(20(14)39)51-32-28(47)25(44)22(41)18(7-35)54-32)30-16(5-11-12(38)3-10(37)4-13(11)49-30)52-33-29(48)26(45)23(42)19(8-36)55-33/h1-4,16-19,21-48H,5-8H2. The molecule has 17 unspecified atom stereocenters. The molecule has 0 aliphatic carbocycles. The van der Waals surface area contributed by atoms with Crippen LogP contribution in [0.5, 0.6) is 34.5 Å². The van der Waals surface area contributed by atoms with Gasteiger partial charge in [0.05, 0.1) is 19.8 Å². The van der Waals surface area contributed by atoms with Gasteiger partial charge in [-0.25, -0.2) is 0 Å². The van der Waals surface area contributed by atoms with Gasteiger partial charge >= 0.3 is 0 Å². The van der Waals surface area contributed by atoms with E-state index in [1.807, 2.05) is 0 Å². The number of phenols is 3. The second kappa shape index (κ2) is 16.6. The van der Waals surface area contributed by atoms with E-state index in [2.05, 4.69) is 0 Å². The first kappa shape index (κ1) is 41.2. The van der Waals surface area contributed by atoms with E-state index in [4.69, 9.17) is 33.2 Å². The van der Waals surface area contributed by atoms with E-state index < -0.39 is 153 Å². The second-order valence-electron chi connectivity index (χ2n) is 13.6. The maximum atomic E-state index is 11.4. The van der Waals surface area contributed by atoms with E-state index in [-0.39, 0.29) is 23.3 Å². The fraction of sp³-hybridized carbons (Fsp3) is 0.636. The first-order valence-corrected chi connectivity index (χ1v) is 17.1. The van der Waals surface area contributed by atoms with Crippen molar-refractivity contribution >= 4 is 0 Å². The Bertz CT molecular complexity index is 1560. The Hall–Kier alpha value is -3.40. The summed E-state index contributed by atoms with van der Waals surface area (Å²) in [7, 11) is 0. The Labute approximate surface area is 310 Å². The van der Waals surface area contributed by atoms with Crippen molar-refractivity contribution in [1.29, 1.82) is 0 Å². The van der Waals surface area contributed by atoms with Crippen molar-refractivity contribution in [1.82, 2.24) is 0 Å². The molecule has 3 saturated heterocycles. The lowest BCUT2D eigenvalue weighted by molar-refractivity contribution is -0.317. The maximum absolute atomic E-state index is 11.4. The number of benzene rings is 2. The molecular weight excluding hydrogens is 748 g/mol. The topological polar surface area (TPSA) is 368 Å². The molecule has 0 spiro atoms. The third kappa shape index (κ3) is 7.95. The summed E-state index contributed by atoms with van der Waals surface area (Å²) in [6.07, 6.45) is -29.8. The Balaban J connectivity index is 1.43. The van der Waals surface area contributed by atoms with Gasteiger partial charge in [-0.1, -0.05) is 0 Å². The van der Waals surface area contributed by atoms with Crippen molar-refractivity contribution in [2.24, 2.45) is 0 Å². The van der Waals surface area contributed by atoms with Crippen LogP contribution in [-0.4, -0.2) is 195 Å². The van der Waals surface area contributed by atoms with E-state index in [0.29, 0.717) is 0 Å². The van der Waals surface area contributed by atoms with Crippen LogP contribution < -0.4 is 14.2 Å². The molecule has 2 aromatic rings. The zero-order chi connectivity index (χ0) is 40.0. The summed E-state index contributed by atoms with van der Waals surface area (Å²) < 4.78 is 40.1. The average molecular weight is 793 g/mol. The predicted octanol–water partition coefficient (Wildman–Crippen LogP) is -5.98. The van der Waals surface area contributed by atoms with Gasteiger partial charge in [0.25, 0.3) is 0 Å². The summed E-state index contributed by atoms with van der Waals surface area (Å²) in [5, 5.41) is 156. The van der Waals surface area contributed by atoms with Crippen LogP contribution >= 0.6 is 0 Å². The molecule has 17 atom stereocenters. The lowest BCUT2D eigenvalue weighted by Crippen LogP contribution is -2.60. The van der Waals surface area contributed by atoms with Crippen LogP contribution in [0.15, 0.2) is 24.3 Å². The highest BCUT2D eigenvalue weighted by molar-refractivity contribution is 5.55. The molecule has 0 saturated carbocycles. The number of aliphatic hydroxyl groups excluding tert-OH is 12. The van der Waals surface area contributed by atoms with Crippen LogP contribution in [0.2, 0.25) is 0 Å². The van der Waals surface area contributed by atoms with Crippen molar-refractivity contribution in [2.75, 3.05) is 19.8 Å². The summed E-state index contributed by atoms with van der Waals surface area (Å²) in [4.78, 5) is 0. The molecule has 4 aliphatic heterocycles. The van der Waals surface area contributed by atoms with Gasteiger partial charge in [0.15, 0.2) is 23.9 Å². The summed E-state index contributed by atoms with van der Waals surface area (Å²) in [6, 6.07) is 4.31. The summed E-state index contributed by atoms with van der Waals surface area (Å²) >= 11 is 0. The molecule has 15 N–H and O–H groups in total. The van der Waals surface area contributed by atoms with Gasteiger partial charge in [-0.2, -0.15) is 0 Å². The molecule has 22 heteroatoms. The fourth-order valence-corrected chi connectivity index (χ4v) is 6.73. The highest BCUT2D eigenvalue weighted by Gasteiger charge is 2.49. The van der Waals surface area contributed by atoms with E-state index in [1.54, 1.807) is 0 Å². The van der Waals surface area contributed by atoms with Crippen molar-refractivity contribution < 1.29 is 110 Å². The zero-order valence-corrected chi connectivity index (χ0v) is 28.5. The van der Waals surface area contributed by atoms with Gasteiger partial charge in [-0.15, -0.1) is 0 Å². The molecule has 2 aromatic carbocycles. The summed E-state index contributed by atoms with van der Waals surface area (Å²) in [5.74, 6) is -3.12. The van der Waals surface area contributed by atoms with Gasteiger partial charge in [0.2, 0.25) is 18.3 Å². The first-order chi connectivity index (χ1) is 26.1. The number of hydrogen-bond acceptors (Lipinski definition) is 22. The number of hydrogen-bond donors (Lipinski definition) is 15. The number of aromatic hydroxyl groups is 3. The molecule has 0 aromatic heterocycles. The Kier molecular flexibility index (Phi) is 12.4. The first-order valence-electron chi connectivity index (χ1n) is 17.1. The van der Waals surface area contributed by atoms with Crippen LogP contribution in [0, 0.1) is 0 Å². The summed E-state index contributed by atoms with van der Waals surface area (Å²) in [5.41, 5.74) is -0.0157. The van der Waals surface area contributed by atoms with Crippen molar-refractivity contribution in [3.8, 4) is 34.5 Å². The van der Waals surface area contributed by atoms with Gasteiger partial charge in [0, 0.05) is 29.7 Å². The van der Waals surface area contributed by atoms with Crippen LogP contribution in [0.4, 0.5) is 0 Å². The third-order valence-corrected chi connectivity index (χ3v) is 9.90. The smallest absolute Gasteiger partial charge is 0.229 e. The number of aliphatic hydroxyl groups is 12. The second-order valence-corrected chi connectivity index (χ2v) is 13.6. The molecule has 6 rings (SSSR count). The van der Waals surface area contributed by atoms with Crippen molar-refractivity contribution in [2.45, 2.75) is 111 Å². The van der Waals surface area contributed by atoms with Gasteiger partial charge in [-0.05, 0) is 12.1 Å². The van der Waals surface area contributed by atoms with E-state index in [0.717, 1.165) is 24.3 Å². The number of phenolic OH excluding ortho intramolecular Hbond substituents is 3. The van der Waals surface area contributed by atoms with E-state index in [1.165, 1.54) is 0 Å². The minimum absolute atomic E-state index is 0.0815. The van der Waals surface area contributed by atoms with Crippen LogP contribution in [0.1, 0.15) is 17.2 Å². The lowest BCUT2D eigenvalue weighted by atomic mass is 9.92. The van der Waals surface area contributed by atoms with Gasteiger partial charge in [-0.3, -0.25) is 0 Å². The van der Waals surface area contributed by atoms with Crippen molar-refractivity contribution in [3.05, 3.63) is 35.4 Å². The molecule has 0 radical (unpaired) electrons. The fourth-order valence-electron chi connectivity index (χ4n) is 6.73. The highest BCUT2D eigenvalue weighted by Crippen LogP contribution is 2.48. The molecule has 22 nitrogen and oxygen atoms in total. The SMILES string of the molecule is OCC1OC(Oc2cc(C3Oc4cc(O)cc(O)c4CC3OC3OC(CO)C(O)C(O)C3O)cc(OC3OC(CO)C(O)C(O)C3O)c2O)C(O)C(O)C1O. The minimum atomic E-state index is -1.98. The lowest BCUT2D eigenvalue weighted by Gasteiger charge is -2.43. The largest absolute Gasteiger partial charge is 0.508 e. The van der Waals surface area contributed by atoms with Crippen LogP contribution in [0.3, 0.4) is 0 Å². The normalized spacial score (nSPS) is 40.5. The molecule has 308 valence electrons. The van der Waals surface area contributed by atoms with Gasteiger partial charge in [0.1, 0.15) is 96.6 Å². The Morgan fingerprint density at radius 2 is 0.982 bits per heavy atom. The zero-order valence-electron chi connectivity index (χ0n) is 28.5. The third-order valence-electron chi connectivity index (χ3n) is 9.90. The minimum Gasteiger partial charge on any atom is -0.508 e. The maximum Gasteiger partial charge on any atom is 0.229 e. The number of fused-ring (bicyclic) bond motifs is 1. The molecule has 3 fully saturated rings. The molecule has 4 heterocycles. The van der Waals surface area contributed by atoms with Gasteiger partial charge < -0.3 is 110 Å². The Morgan fingerprint density at radius 1 is 0.545 bits per heavy atom. The highest BCUT2D eigenvalue weighted by atomic mass is 16.7. The molecule has 0 amide bonds. The van der Waals surface area contributed by atoms with Crippen LogP contribution in [0.25, 0.3) is 0 Å². The Morgan fingerprint density at radius 3 is 1.44 bits per heavy atom. The summed E-state index contributed by atoms with van der Waals surface area (Å²) in [6.45, 7) is -2.48. The van der Waals surface area contributed by atoms with E-state index >= 15 is 0 Å². The van der Waals surface area contributed by atoms with Crippen LogP contribution in [-0.2, 0) is 25.4 Å². The molecular formula is C33H44O22. The number of rotatable bonds is 10. The predicted molar refractivity (Wildman–Crippen MR) is 172 cm³/mol. The quantitative estimate of drug-likeness (QED) is 0.106. The average Bonchev–Trinajstić information content (AvgIpc) is 3.16. The number of ether oxygens (including phenoxy) is 7. The van der Waals surface area contributed by atoms with Crippen molar-refractivity contribution in [3.63, 3.8) is 0 Å². The molecule has 0 bridgehead atoms. The van der Waals surface area contributed by atoms with E-state index in [9.17, 15) is 76.6 Å². The molecule has 4 aliphatic rings. The molecule has 55 heavy (non-hydrogen) atoms. The monoisotopic (exact) mass is 792 g/mol.